The number of carbonyl (C=O) groups is 1. The third-order valence-corrected chi connectivity index (χ3v) is 11.4. The summed E-state index contributed by atoms with van der Waals surface area (Å²) < 4.78 is 0. The number of unbranched alkanes of at least 4 members (excludes halogenated alkanes) is 37. The second kappa shape index (κ2) is 43.8. The number of hydrogen-bond acceptors (Lipinski definition) is 3. The lowest BCUT2D eigenvalue weighted by molar-refractivity contribution is -0.123. The van der Waals surface area contributed by atoms with Crippen molar-refractivity contribution >= 4 is 5.91 Å². The van der Waals surface area contributed by atoms with Crippen LogP contribution in [0.25, 0.3) is 0 Å². The Morgan fingerprint density at radius 2 is 0.627 bits per heavy atom. The molecule has 0 aliphatic carbocycles. The minimum absolute atomic E-state index is 0.0261. The summed E-state index contributed by atoms with van der Waals surface area (Å²) in [7, 11) is 0. The minimum atomic E-state index is -0.652. The van der Waals surface area contributed by atoms with Gasteiger partial charge in [0.25, 0.3) is 0 Å². The molecule has 4 heteroatoms. The van der Waals surface area contributed by atoms with E-state index >= 15 is 0 Å². The van der Waals surface area contributed by atoms with Crippen LogP contribution in [0.2, 0.25) is 0 Å². The molecule has 0 aromatic heterocycles. The Morgan fingerprint density at radius 3 is 0.882 bits per heavy atom. The molecule has 0 aliphatic heterocycles. The molecule has 0 fully saturated rings. The van der Waals surface area contributed by atoms with Gasteiger partial charge in [0.1, 0.15) is 0 Å². The first-order chi connectivity index (χ1) is 25.2. The maximum atomic E-state index is 12.4. The van der Waals surface area contributed by atoms with Gasteiger partial charge in [-0.05, 0) is 12.8 Å². The maximum Gasteiger partial charge on any atom is 0.220 e. The highest BCUT2D eigenvalue weighted by Gasteiger charge is 2.20. The van der Waals surface area contributed by atoms with Gasteiger partial charge in [-0.25, -0.2) is 0 Å². The normalized spacial score (nSPS) is 12.8. The zero-order valence-corrected chi connectivity index (χ0v) is 35.2. The van der Waals surface area contributed by atoms with E-state index < -0.39 is 12.1 Å². The van der Waals surface area contributed by atoms with Gasteiger partial charge in [0, 0.05) is 6.42 Å². The molecule has 0 saturated carbocycles. The summed E-state index contributed by atoms with van der Waals surface area (Å²) in [4.78, 5) is 12.4. The van der Waals surface area contributed by atoms with Crippen LogP contribution in [-0.4, -0.2) is 34.9 Å². The van der Waals surface area contributed by atoms with E-state index in [9.17, 15) is 15.0 Å². The van der Waals surface area contributed by atoms with E-state index in [1.165, 1.54) is 225 Å². The number of rotatable bonds is 44. The van der Waals surface area contributed by atoms with Gasteiger partial charge in [0.2, 0.25) is 5.91 Å². The number of nitrogens with one attached hydrogen (secondary N) is 1. The first-order valence-corrected chi connectivity index (χ1v) is 23.7. The molecule has 0 rings (SSSR count). The lowest BCUT2D eigenvalue weighted by Crippen LogP contribution is -2.45. The van der Waals surface area contributed by atoms with Gasteiger partial charge in [-0.15, -0.1) is 0 Å². The van der Waals surface area contributed by atoms with Crippen LogP contribution < -0.4 is 5.32 Å². The Kier molecular flexibility index (Phi) is 43.3. The highest BCUT2D eigenvalue weighted by Crippen LogP contribution is 2.17. The highest BCUT2D eigenvalue weighted by atomic mass is 16.3. The predicted molar refractivity (Wildman–Crippen MR) is 226 cm³/mol. The molecule has 0 aromatic rings. The van der Waals surface area contributed by atoms with E-state index in [-0.39, 0.29) is 12.5 Å². The number of carbonyl (C=O) groups excluding carboxylic acids is 1. The van der Waals surface area contributed by atoms with Crippen LogP contribution in [0.3, 0.4) is 0 Å². The summed E-state index contributed by atoms with van der Waals surface area (Å²) in [5.41, 5.74) is 0. The van der Waals surface area contributed by atoms with Crippen molar-refractivity contribution in [3.63, 3.8) is 0 Å². The van der Waals surface area contributed by atoms with Gasteiger partial charge in [0.05, 0.1) is 18.8 Å². The molecule has 0 heterocycles. The topological polar surface area (TPSA) is 69.6 Å². The Morgan fingerprint density at radius 1 is 0.392 bits per heavy atom. The summed E-state index contributed by atoms with van der Waals surface area (Å²) in [6.07, 6.45) is 53.5. The van der Waals surface area contributed by atoms with Crippen LogP contribution in [0.1, 0.15) is 277 Å². The first kappa shape index (κ1) is 50.4. The molecule has 0 radical (unpaired) electrons. The second-order valence-corrected chi connectivity index (χ2v) is 16.5. The number of amides is 1. The van der Waals surface area contributed by atoms with Crippen molar-refractivity contribution in [1.29, 1.82) is 0 Å². The summed E-state index contributed by atoms with van der Waals surface area (Å²) in [5, 5.41) is 23.1. The lowest BCUT2D eigenvalue weighted by atomic mass is 10.0. The van der Waals surface area contributed by atoms with Crippen LogP contribution in [0.4, 0.5) is 0 Å². The second-order valence-electron chi connectivity index (χ2n) is 16.5. The van der Waals surface area contributed by atoms with Crippen molar-refractivity contribution < 1.29 is 15.0 Å². The molecule has 2 atom stereocenters. The van der Waals surface area contributed by atoms with Gasteiger partial charge in [-0.3, -0.25) is 4.79 Å². The van der Waals surface area contributed by atoms with Crippen molar-refractivity contribution in [3.8, 4) is 0 Å². The third kappa shape index (κ3) is 40.4. The van der Waals surface area contributed by atoms with Crippen molar-refractivity contribution in [1.82, 2.24) is 5.32 Å². The zero-order chi connectivity index (χ0) is 37.1. The molecular weight excluding hydrogens is 627 g/mol. The molecule has 0 aliphatic rings. The van der Waals surface area contributed by atoms with E-state index in [2.05, 4.69) is 19.2 Å². The molecule has 4 nitrogen and oxygen atoms in total. The van der Waals surface area contributed by atoms with E-state index in [1.807, 2.05) is 0 Å². The average molecular weight is 722 g/mol. The van der Waals surface area contributed by atoms with Gasteiger partial charge in [-0.1, -0.05) is 258 Å². The molecule has 0 aromatic carbocycles. The van der Waals surface area contributed by atoms with Crippen LogP contribution in [-0.2, 0) is 4.79 Å². The molecule has 3 N–H and O–H groups in total. The monoisotopic (exact) mass is 722 g/mol. The standard InChI is InChI=1S/C47H95NO3/c1-3-5-7-9-11-13-15-16-17-18-19-20-21-22-23-24-25-26-27-28-29-30-31-33-35-37-39-41-43-47(51)48-45(44-49)46(50)42-40-38-36-34-32-14-12-10-8-6-4-2/h45-46,49-50H,3-44H2,1-2H3,(H,48,51). The SMILES string of the molecule is CCCCCCCCCCCCCCCCCCCCCCCCCCCCCCC(=O)NC(CO)C(O)CCCCCCCCCCCCC. The third-order valence-electron chi connectivity index (χ3n) is 11.4. The van der Waals surface area contributed by atoms with E-state index in [1.54, 1.807) is 0 Å². The Balaban J connectivity index is 3.37. The van der Waals surface area contributed by atoms with Gasteiger partial charge >= 0.3 is 0 Å². The van der Waals surface area contributed by atoms with Crippen molar-refractivity contribution in [2.45, 2.75) is 289 Å². The maximum absolute atomic E-state index is 12.4. The quantitative estimate of drug-likeness (QED) is 0.0549. The van der Waals surface area contributed by atoms with Crippen molar-refractivity contribution in [3.05, 3.63) is 0 Å². The Labute approximate surface area is 321 Å². The molecule has 0 spiro atoms. The highest BCUT2D eigenvalue weighted by molar-refractivity contribution is 5.76. The van der Waals surface area contributed by atoms with E-state index in [0.29, 0.717) is 12.8 Å². The minimum Gasteiger partial charge on any atom is -0.394 e. The zero-order valence-electron chi connectivity index (χ0n) is 35.2. The summed E-state index contributed by atoms with van der Waals surface area (Å²) in [6, 6.07) is -0.528. The molecule has 306 valence electrons. The van der Waals surface area contributed by atoms with Crippen LogP contribution in [0, 0.1) is 0 Å². The fourth-order valence-electron chi connectivity index (χ4n) is 7.72. The van der Waals surface area contributed by atoms with Gasteiger partial charge in [0.15, 0.2) is 0 Å². The van der Waals surface area contributed by atoms with Crippen LogP contribution in [0.15, 0.2) is 0 Å². The predicted octanol–water partition coefficient (Wildman–Crippen LogP) is 14.9. The molecule has 0 bridgehead atoms. The van der Waals surface area contributed by atoms with Crippen molar-refractivity contribution in [2.75, 3.05) is 6.61 Å². The largest absolute Gasteiger partial charge is 0.394 e. The molecular formula is C47H95NO3. The summed E-state index contributed by atoms with van der Waals surface area (Å²) >= 11 is 0. The smallest absolute Gasteiger partial charge is 0.220 e. The van der Waals surface area contributed by atoms with Crippen molar-refractivity contribution in [2.24, 2.45) is 0 Å². The average Bonchev–Trinajstić information content (AvgIpc) is 3.13. The first-order valence-electron chi connectivity index (χ1n) is 23.7. The van der Waals surface area contributed by atoms with Crippen LogP contribution in [0.5, 0.6) is 0 Å². The number of aliphatic hydroxyl groups is 2. The molecule has 51 heavy (non-hydrogen) atoms. The summed E-state index contributed by atoms with van der Waals surface area (Å²) in [5.74, 6) is -0.0261. The Hall–Kier alpha value is -0.610. The fourth-order valence-corrected chi connectivity index (χ4v) is 7.72. The van der Waals surface area contributed by atoms with E-state index in [4.69, 9.17) is 0 Å². The van der Waals surface area contributed by atoms with Crippen LogP contribution >= 0.6 is 0 Å². The fraction of sp³-hybridized carbons (Fsp3) is 0.979. The molecule has 2 unspecified atom stereocenters. The number of aliphatic hydroxyl groups excluding tert-OH is 2. The van der Waals surface area contributed by atoms with Gasteiger partial charge in [-0.2, -0.15) is 0 Å². The van der Waals surface area contributed by atoms with Gasteiger partial charge < -0.3 is 15.5 Å². The Bertz CT molecular complexity index is 655. The molecule has 1 amide bonds. The number of hydrogen-bond donors (Lipinski definition) is 3. The van der Waals surface area contributed by atoms with E-state index in [0.717, 1.165) is 25.7 Å². The lowest BCUT2D eigenvalue weighted by Gasteiger charge is -2.22. The molecule has 0 saturated heterocycles. The summed E-state index contributed by atoms with van der Waals surface area (Å²) in [6.45, 7) is 4.37.